The van der Waals surface area contributed by atoms with Crippen LogP contribution in [0.25, 0.3) is 11.2 Å². The average Bonchev–Trinajstić information content (AvgIpc) is 3.58. The van der Waals surface area contributed by atoms with Crippen LogP contribution >= 0.6 is 0 Å². The van der Waals surface area contributed by atoms with Crippen LogP contribution in [0.2, 0.25) is 0 Å². The van der Waals surface area contributed by atoms with Crippen molar-refractivity contribution < 1.29 is 9.21 Å². The molecule has 0 fully saturated rings. The number of fused-ring (bicyclic) bond motifs is 2. The molecular weight excluding hydrogens is 434 g/mol. The molecule has 1 aromatic carbocycles. The molecule has 0 saturated carbocycles. The van der Waals surface area contributed by atoms with Crippen LogP contribution in [-0.4, -0.2) is 24.6 Å². The van der Waals surface area contributed by atoms with Crippen molar-refractivity contribution in [3.05, 3.63) is 80.6 Å². The lowest BCUT2D eigenvalue weighted by Gasteiger charge is -2.13. The fraction of sp³-hybridized carbons (Fsp3) is 0.360. The SMILES string of the molecule is CCCCn1c(=O)n(CC(=O)Nc2ccc3c(c2)CCC3)c(=O)c2c1ncn2Cc1ccco1. The summed E-state index contributed by atoms with van der Waals surface area (Å²) in [5.74, 6) is 0.238. The number of furan rings is 1. The number of nitrogens with one attached hydrogen (secondary N) is 1. The Morgan fingerprint density at radius 1 is 1.15 bits per heavy atom. The second-order valence-electron chi connectivity index (χ2n) is 8.69. The number of aromatic nitrogens is 4. The van der Waals surface area contributed by atoms with Gasteiger partial charge in [-0.15, -0.1) is 0 Å². The Kier molecular flexibility index (Phi) is 5.91. The number of amides is 1. The molecule has 4 aromatic rings. The van der Waals surface area contributed by atoms with Gasteiger partial charge in [0, 0.05) is 12.2 Å². The van der Waals surface area contributed by atoms with Crippen LogP contribution < -0.4 is 16.6 Å². The molecule has 0 spiro atoms. The summed E-state index contributed by atoms with van der Waals surface area (Å²) in [6.45, 7) is 2.36. The van der Waals surface area contributed by atoms with Gasteiger partial charge in [-0.05, 0) is 61.1 Å². The minimum atomic E-state index is -0.541. The summed E-state index contributed by atoms with van der Waals surface area (Å²) in [6.07, 6.45) is 7.89. The van der Waals surface area contributed by atoms with E-state index in [1.165, 1.54) is 22.0 Å². The zero-order valence-corrected chi connectivity index (χ0v) is 19.1. The number of hydrogen-bond acceptors (Lipinski definition) is 5. The van der Waals surface area contributed by atoms with Crippen molar-refractivity contribution in [1.29, 1.82) is 0 Å². The van der Waals surface area contributed by atoms with Crippen LogP contribution in [-0.2, 0) is 37.3 Å². The largest absolute Gasteiger partial charge is 0.467 e. The molecule has 9 heteroatoms. The van der Waals surface area contributed by atoms with Crippen LogP contribution in [0.15, 0.2) is 56.9 Å². The number of imidazole rings is 1. The zero-order chi connectivity index (χ0) is 23.7. The summed E-state index contributed by atoms with van der Waals surface area (Å²) in [5.41, 5.74) is 2.75. The minimum absolute atomic E-state index is 0.275. The normalized spacial score (nSPS) is 12.9. The number of benzene rings is 1. The number of rotatable bonds is 8. The van der Waals surface area contributed by atoms with Gasteiger partial charge >= 0.3 is 5.69 Å². The van der Waals surface area contributed by atoms with Gasteiger partial charge in [-0.3, -0.25) is 14.2 Å². The maximum Gasteiger partial charge on any atom is 0.333 e. The molecule has 0 bridgehead atoms. The lowest BCUT2D eigenvalue weighted by Crippen LogP contribution is -2.43. The van der Waals surface area contributed by atoms with Crippen molar-refractivity contribution in [1.82, 2.24) is 18.7 Å². The highest BCUT2D eigenvalue weighted by Gasteiger charge is 2.20. The van der Waals surface area contributed by atoms with Gasteiger partial charge in [0.25, 0.3) is 5.56 Å². The van der Waals surface area contributed by atoms with Crippen molar-refractivity contribution in [3.8, 4) is 0 Å². The molecule has 0 saturated heterocycles. The smallest absolute Gasteiger partial charge is 0.333 e. The van der Waals surface area contributed by atoms with E-state index in [0.717, 1.165) is 36.7 Å². The van der Waals surface area contributed by atoms with Crippen LogP contribution in [0.4, 0.5) is 5.69 Å². The predicted octanol–water partition coefficient (Wildman–Crippen LogP) is 2.93. The molecule has 34 heavy (non-hydrogen) atoms. The Hall–Kier alpha value is -3.88. The van der Waals surface area contributed by atoms with Crippen LogP contribution in [0.5, 0.6) is 0 Å². The van der Waals surface area contributed by atoms with Gasteiger partial charge in [-0.1, -0.05) is 19.4 Å². The Labute approximate surface area is 195 Å². The maximum atomic E-state index is 13.4. The molecule has 5 rings (SSSR count). The highest BCUT2D eigenvalue weighted by Crippen LogP contribution is 2.24. The van der Waals surface area contributed by atoms with Gasteiger partial charge in [0.05, 0.1) is 19.1 Å². The Balaban J connectivity index is 1.50. The molecule has 1 aliphatic rings. The van der Waals surface area contributed by atoms with Gasteiger partial charge in [-0.25, -0.2) is 14.3 Å². The van der Waals surface area contributed by atoms with E-state index in [9.17, 15) is 14.4 Å². The first-order valence-corrected chi connectivity index (χ1v) is 11.7. The van der Waals surface area contributed by atoms with E-state index in [-0.39, 0.29) is 12.1 Å². The average molecular weight is 462 g/mol. The van der Waals surface area contributed by atoms with E-state index >= 15 is 0 Å². The highest BCUT2D eigenvalue weighted by atomic mass is 16.3. The summed E-state index contributed by atoms with van der Waals surface area (Å²) in [4.78, 5) is 43.9. The summed E-state index contributed by atoms with van der Waals surface area (Å²) in [7, 11) is 0. The molecule has 3 heterocycles. The fourth-order valence-electron chi connectivity index (χ4n) is 4.58. The summed E-state index contributed by atoms with van der Waals surface area (Å²) in [5, 5.41) is 2.85. The van der Waals surface area contributed by atoms with Crippen LogP contribution in [0, 0.1) is 0 Å². The molecule has 1 N–H and O–H groups in total. The monoisotopic (exact) mass is 461 g/mol. The Morgan fingerprint density at radius 2 is 2.00 bits per heavy atom. The van der Waals surface area contributed by atoms with E-state index in [1.54, 1.807) is 16.9 Å². The van der Waals surface area contributed by atoms with Crippen LogP contribution in [0.1, 0.15) is 43.1 Å². The summed E-state index contributed by atoms with van der Waals surface area (Å²) < 4.78 is 9.57. The first-order valence-electron chi connectivity index (χ1n) is 11.7. The molecular formula is C25H27N5O4. The predicted molar refractivity (Wildman–Crippen MR) is 128 cm³/mol. The third-order valence-electron chi connectivity index (χ3n) is 6.31. The fourth-order valence-corrected chi connectivity index (χ4v) is 4.58. The van der Waals surface area contributed by atoms with E-state index in [4.69, 9.17) is 4.42 Å². The van der Waals surface area contributed by atoms with E-state index in [0.29, 0.717) is 30.2 Å². The number of nitrogens with zero attached hydrogens (tertiary/aromatic N) is 4. The molecule has 9 nitrogen and oxygen atoms in total. The molecule has 0 aliphatic heterocycles. The molecule has 1 aliphatic carbocycles. The molecule has 0 unspecified atom stereocenters. The molecule has 0 radical (unpaired) electrons. The van der Waals surface area contributed by atoms with E-state index in [2.05, 4.69) is 10.3 Å². The number of anilines is 1. The molecule has 176 valence electrons. The van der Waals surface area contributed by atoms with Crippen molar-refractivity contribution in [2.75, 3.05) is 5.32 Å². The van der Waals surface area contributed by atoms with E-state index < -0.39 is 17.2 Å². The number of unbranched alkanes of at least 4 members (excludes halogenated alkanes) is 1. The maximum absolute atomic E-state index is 13.4. The Bertz CT molecular complexity index is 1460. The number of carbonyl (C=O) groups is 1. The molecule has 3 aromatic heterocycles. The molecule has 0 atom stereocenters. The first-order chi connectivity index (χ1) is 16.5. The third-order valence-corrected chi connectivity index (χ3v) is 6.31. The van der Waals surface area contributed by atoms with Gasteiger partial charge < -0.3 is 14.3 Å². The van der Waals surface area contributed by atoms with Crippen molar-refractivity contribution >= 4 is 22.8 Å². The van der Waals surface area contributed by atoms with Gasteiger partial charge in [0.2, 0.25) is 5.91 Å². The second kappa shape index (κ2) is 9.17. The number of hydrogen-bond donors (Lipinski definition) is 1. The first kappa shape index (κ1) is 21.9. The Morgan fingerprint density at radius 3 is 2.79 bits per heavy atom. The quantitative estimate of drug-likeness (QED) is 0.435. The van der Waals surface area contributed by atoms with Gasteiger partial charge in [0.15, 0.2) is 11.2 Å². The van der Waals surface area contributed by atoms with Crippen molar-refractivity contribution in [3.63, 3.8) is 0 Å². The third kappa shape index (κ3) is 4.09. The minimum Gasteiger partial charge on any atom is -0.467 e. The molecule has 1 amide bonds. The zero-order valence-electron chi connectivity index (χ0n) is 19.1. The lowest BCUT2D eigenvalue weighted by molar-refractivity contribution is -0.116. The van der Waals surface area contributed by atoms with Gasteiger partial charge in [0.1, 0.15) is 12.3 Å². The number of aryl methyl sites for hydroxylation is 3. The van der Waals surface area contributed by atoms with Crippen molar-refractivity contribution in [2.24, 2.45) is 0 Å². The van der Waals surface area contributed by atoms with Gasteiger partial charge in [-0.2, -0.15) is 0 Å². The van der Waals surface area contributed by atoms with E-state index in [1.807, 2.05) is 31.2 Å². The topological polar surface area (TPSA) is 104 Å². The highest BCUT2D eigenvalue weighted by molar-refractivity contribution is 5.90. The van der Waals surface area contributed by atoms with Crippen molar-refractivity contribution in [2.45, 2.75) is 58.7 Å². The standard InChI is InChI=1S/C25H27N5O4/c1-2-3-11-29-23-22(28(16-26-23)14-20-8-5-12-34-20)24(32)30(25(29)33)15-21(31)27-19-10-9-17-6-4-7-18(17)13-19/h5,8-10,12-13,16H,2-4,6-7,11,14-15H2,1H3,(H,27,31). The second-order valence-corrected chi connectivity index (χ2v) is 8.69. The summed E-state index contributed by atoms with van der Waals surface area (Å²) in [6, 6.07) is 9.45. The van der Waals surface area contributed by atoms with Crippen LogP contribution in [0.3, 0.4) is 0 Å². The number of carbonyl (C=O) groups excluding carboxylic acids is 1. The summed E-state index contributed by atoms with van der Waals surface area (Å²) >= 11 is 0. The lowest BCUT2D eigenvalue weighted by atomic mass is 10.1.